The Labute approximate surface area is 124 Å². The van der Waals surface area contributed by atoms with E-state index in [9.17, 15) is 5.11 Å². The molecule has 0 amide bonds. The van der Waals surface area contributed by atoms with E-state index < -0.39 is 0 Å². The summed E-state index contributed by atoms with van der Waals surface area (Å²) >= 11 is 0. The zero-order valence-electron chi connectivity index (χ0n) is 12.3. The minimum Gasteiger partial charge on any atom is -0.438 e. The first-order valence-electron chi connectivity index (χ1n) is 7.78. The monoisotopic (exact) mass is 287 g/mol. The van der Waals surface area contributed by atoms with Gasteiger partial charge in [0.2, 0.25) is 5.89 Å². The van der Waals surface area contributed by atoms with Gasteiger partial charge in [-0.2, -0.15) is 4.98 Å². The standard InChI is InChI=1S/C16H21N3O2/c1-19(12-5-10-7-13(20)8-11(10)6-12)9-15-18-16-14(21-15)3-2-4-17-16/h2-4,10-13,20H,5-9H2,1H3/t10-,11+,12?,13?. The van der Waals surface area contributed by atoms with Crippen LogP contribution in [0.3, 0.4) is 0 Å². The minimum absolute atomic E-state index is 0.0608. The molecule has 0 aromatic carbocycles. The molecule has 0 radical (unpaired) electrons. The molecule has 5 nitrogen and oxygen atoms in total. The van der Waals surface area contributed by atoms with Crippen molar-refractivity contribution >= 4 is 11.2 Å². The number of pyridine rings is 1. The largest absolute Gasteiger partial charge is 0.438 e. The predicted octanol–water partition coefficient (Wildman–Crippen LogP) is 2.20. The van der Waals surface area contributed by atoms with Gasteiger partial charge in [0.15, 0.2) is 11.2 Å². The average molecular weight is 287 g/mol. The summed E-state index contributed by atoms with van der Waals surface area (Å²) in [6, 6.07) is 4.35. The number of aliphatic hydroxyl groups is 1. The number of aromatic nitrogens is 2. The maximum Gasteiger partial charge on any atom is 0.211 e. The molecule has 2 unspecified atom stereocenters. The van der Waals surface area contributed by atoms with Gasteiger partial charge in [-0.3, -0.25) is 4.90 Å². The first-order valence-corrected chi connectivity index (χ1v) is 7.78. The molecule has 1 N–H and O–H groups in total. The third-order valence-corrected chi connectivity index (χ3v) is 5.18. The Morgan fingerprint density at radius 3 is 2.76 bits per heavy atom. The van der Waals surface area contributed by atoms with Crippen molar-refractivity contribution in [1.82, 2.24) is 14.9 Å². The summed E-state index contributed by atoms with van der Waals surface area (Å²) in [7, 11) is 2.14. The number of rotatable bonds is 3. The van der Waals surface area contributed by atoms with Crippen molar-refractivity contribution in [3.8, 4) is 0 Å². The van der Waals surface area contributed by atoms with E-state index in [2.05, 4.69) is 21.9 Å². The van der Waals surface area contributed by atoms with Crippen LogP contribution < -0.4 is 0 Å². The highest BCUT2D eigenvalue weighted by molar-refractivity contribution is 5.66. The molecule has 2 saturated carbocycles. The SMILES string of the molecule is CN(Cc1nc2ncccc2o1)C1C[C@H]2CC(O)C[C@H]2C1. The maximum absolute atomic E-state index is 9.73. The Morgan fingerprint density at radius 2 is 2.05 bits per heavy atom. The first kappa shape index (κ1) is 13.2. The Kier molecular flexibility index (Phi) is 3.19. The molecule has 112 valence electrons. The molecule has 2 aliphatic rings. The summed E-state index contributed by atoms with van der Waals surface area (Å²) in [4.78, 5) is 11.0. The second kappa shape index (κ2) is 5.07. The van der Waals surface area contributed by atoms with Crippen molar-refractivity contribution in [2.24, 2.45) is 11.8 Å². The van der Waals surface area contributed by atoms with E-state index in [1.807, 2.05) is 12.1 Å². The van der Waals surface area contributed by atoms with Gasteiger partial charge < -0.3 is 9.52 Å². The van der Waals surface area contributed by atoms with E-state index in [0.717, 1.165) is 30.9 Å². The second-order valence-electron chi connectivity index (χ2n) is 6.62. The fourth-order valence-electron chi connectivity index (χ4n) is 4.14. The predicted molar refractivity (Wildman–Crippen MR) is 78.5 cm³/mol. The highest BCUT2D eigenvalue weighted by Gasteiger charge is 2.42. The summed E-state index contributed by atoms with van der Waals surface area (Å²) in [6.07, 6.45) is 6.04. The van der Waals surface area contributed by atoms with Crippen molar-refractivity contribution in [3.05, 3.63) is 24.2 Å². The van der Waals surface area contributed by atoms with Gasteiger partial charge in [0.1, 0.15) is 0 Å². The van der Waals surface area contributed by atoms with Crippen LogP contribution in [0.25, 0.3) is 11.2 Å². The number of oxazole rings is 1. The lowest BCUT2D eigenvalue weighted by Gasteiger charge is -2.23. The third-order valence-electron chi connectivity index (χ3n) is 5.18. The van der Waals surface area contributed by atoms with Gasteiger partial charge in [0.05, 0.1) is 12.6 Å². The molecule has 2 fully saturated rings. The fourth-order valence-corrected chi connectivity index (χ4v) is 4.14. The van der Waals surface area contributed by atoms with Crippen LogP contribution in [0, 0.1) is 11.8 Å². The molecule has 4 atom stereocenters. The molecule has 0 bridgehead atoms. The molecular formula is C16H21N3O2. The number of hydrogen-bond acceptors (Lipinski definition) is 5. The topological polar surface area (TPSA) is 62.4 Å². The zero-order valence-corrected chi connectivity index (χ0v) is 12.3. The molecule has 2 heterocycles. The van der Waals surface area contributed by atoms with Gasteiger partial charge >= 0.3 is 0 Å². The van der Waals surface area contributed by atoms with E-state index in [0.29, 0.717) is 23.5 Å². The van der Waals surface area contributed by atoms with Crippen LogP contribution in [0.2, 0.25) is 0 Å². The number of fused-ring (bicyclic) bond motifs is 2. The van der Waals surface area contributed by atoms with Crippen molar-refractivity contribution in [3.63, 3.8) is 0 Å². The highest BCUT2D eigenvalue weighted by atomic mass is 16.3. The van der Waals surface area contributed by atoms with Gasteiger partial charge in [-0.05, 0) is 56.7 Å². The van der Waals surface area contributed by atoms with Crippen molar-refractivity contribution in [1.29, 1.82) is 0 Å². The van der Waals surface area contributed by atoms with Crippen LogP contribution in [0.15, 0.2) is 22.7 Å². The van der Waals surface area contributed by atoms with E-state index >= 15 is 0 Å². The van der Waals surface area contributed by atoms with Crippen molar-refractivity contribution in [2.45, 2.75) is 44.4 Å². The molecule has 4 rings (SSSR count). The highest BCUT2D eigenvalue weighted by Crippen LogP contribution is 2.45. The van der Waals surface area contributed by atoms with Crippen molar-refractivity contribution in [2.75, 3.05) is 7.05 Å². The molecular weight excluding hydrogens is 266 g/mol. The van der Waals surface area contributed by atoms with Crippen LogP contribution in [0.1, 0.15) is 31.6 Å². The molecule has 2 aromatic rings. The van der Waals surface area contributed by atoms with E-state index in [1.54, 1.807) is 6.20 Å². The van der Waals surface area contributed by atoms with Gasteiger partial charge in [-0.15, -0.1) is 0 Å². The summed E-state index contributed by atoms with van der Waals surface area (Å²) in [5.41, 5.74) is 1.44. The smallest absolute Gasteiger partial charge is 0.211 e. The summed E-state index contributed by atoms with van der Waals surface area (Å²) < 4.78 is 5.75. The lowest BCUT2D eigenvalue weighted by molar-refractivity contribution is 0.155. The summed E-state index contributed by atoms with van der Waals surface area (Å²) in [5, 5.41) is 9.73. The van der Waals surface area contributed by atoms with Crippen LogP contribution in [-0.4, -0.2) is 39.2 Å². The Morgan fingerprint density at radius 1 is 1.29 bits per heavy atom. The van der Waals surface area contributed by atoms with E-state index in [4.69, 9.17) is 4.42 Å². The molecule has 21 heavy (non-hydrogen) atoms. The molecule has 0 saturated heterocycles. The van der Waals surface area contributed by atoms with Crippen molar-refractivity contribution < 1.29 is 9.52 Å². The van der Waals surface area contributed by atoms with Crippen LogP contribution in [0.5, 0.6) is 0 Å². The lowest BCUT2D eigenvalue weighted by atomic mass is 10.0. The second-order valence-corrected chi connectivity index (χ2v) is 6.62. The zero-order chi connectivity index (χ0) is 14.4. The van der Waals surface area contributed by atoms with E-state index in [1.165, 1.54) is 12.8 Å². The number of aliphatic hydroxyl groups excluding tert-OH is 1. The van der Waals surface area contributed by atoms with E-state index in [-0.39, 0.29) is 6.10 Å². The molecule has 5 heteroatoms. The van der Waals surface area contributed by atoms with Crippen LogP contribution >= 0.6 is 0 Å². The molecule has 0 aliphatic heterocycles. The normalized spacial score (nSPS) is 32.1. The Hall–Kier alpha value is -1.46. The molecule has 2 aliphatic carbocycles. The fraction of sp³-hybridized carbons (Fsp3) is 0.625. The summed E-state index contributed by atoms with van der Waals surface area (Å²) in [5.74, 6) is 2.15. The molecule has 0 spiro atoms. The van der Waals surface area contributed by atoms with Crippen LogP contribution in [0.4, 0.5) is 0 Å². The minimum atomic E-state index is -0.0608. The van der Waals surface area contributed by atoms with Gasteiger partial charge in [-0.25, -0.2) is 4.98 Å². The molecule has 2 aromatic heterocycles. The average Bonchev–Trinajstić information content (AvgIpc) is 3.09. The maximum atomic E-state index is 9.73. The number of nitrogens with zero attached hydrogens (tertiary/aromatic N) is 3. The first-order chi connectivity index (χ1) is 10.2. The van der Waals surface area contributed by atoms with Gasteiger partial charge in [0, 0.05) is 12.2 Å². The van der Waals surface area contributed by atoms with Crippen LogP contribution in [-0.2, 0) is 6.54 Å². The Balaban J connectivity index is 1.43. The quantitative estimate of drug-likeness (QED) is 0.937. The Bertz CT molecular complexity index is 594. The third kappa shape index (κ3) is 2.45. The van der Waals surface area contributed by atoms with Gasteiger partial charge in [0.25, 0.3) is 0 Å². The lowest BCUT2D eigenvalue weighted by Crippen LogP contribution is -2.30. The summed E-state index contributed by atoms with van der Waals surface area (Å²) in [6.45, 7) is 0.725. The van der Waals surface area contributed by atoms with Gasteiger partial charge in [-0.1, -0.05) is 0 Å². The number of hydrogen-bond donors (Lipinski definition) is 1.